The lowest BCUT2D eigenvalue weighted by Gasteiger charge is -2.23. The molecule has 1 saturated heterocycles. The van der Waals surface area contributed by atoms with Crippen molar-refractivity contribution in [2.75, 3.05) is 33.1 Å². The summed E-state index contributed by atoms with van der Waals surface area (Å²) in [5, 5.41) is 0. The lowest BCUT2D eigenvalue weighted by Crippen LogP contribution is -2.31. The van der Waals surface area contributed by atoms with Crippen LogP contribution < -0.4 is 10.5 Å². The summed E-state index contributed by atoms with van der Waals surface area (Å²) in [7, 11) is 3.78. The van der Waals surface area contributed by atoms with E-state index in [1.54, 1.807) is 7.11 Å². The Morgan fingerprint density at radius 2 is 2.35 bits per heavy atom. The van der Waals surface area contributed by atoms with Crippen LogP contribution in [0, 0.1) is 0 Å². The van der Waals surface area contributed by atoms with Gasteiger partial charge in [-0.25, -0.2) is 0 Å². The molecule has 0 radical (unpaired) electrons. The quantitative estimate of drug-likeness (QED) is 0.805. The van der Waals surface area contributed by atoms with E-state index in [0.717, 1.165) is 43.2 Å². The third-order valence-electron chi connectivity index (χ3n) is 3.30. The molecule has 1 heterocycles. The van der Waals surface area contributed by atoms with Crippen LogP contribution in [0.1, 0.15) is 12.0 Å². The van der Waals surface area contributed by atoms with Crippen molar-refractivity contribution in [1.29, 1.82) is 0 Å². The Morgan fingerprint density at radius 1 is 1.53 bits per heavy atom. The van der Waals surface area contributed by atoms with Crippen LogP contribution in [-0.2, 0) is 11.3 Å². The second kappa shape index (κ2) is 5.38. The Morgan fingerprint density at radius 3 is 3.00 bits per heavy atom. The number of methoxy groups -OCH3 is 1. The summed E-state index contributed by atoms with van der Waals surface area (Å²) in [4.78, 5) is 2.29. The van der Waals surface area contributed by atoms with Crippen molar-refractivity contribution in [2.24, 2.45) is 0 Å². The van der Waals surface area contributed by atoms with E-state index < -0.39 is 0 Å². The Labute approximate surface area is 102 Å². The van der Waals surface area contributed by atoms with E-state index in [1.807, 2.05) is 18.2 Å². The molecule has 0 saturated carbocycles. The standard InChI is InChI=1S/C13H20N2O2/c1-15(11-5-6-17-9-11)8-10-7-12(16-2)3-4-13(10)14/h3-4,7,11H,5-6,8-9,14H2,1-2H3. The van der Waals surface area contributed by atoms with E-state index in [9.17, 15) is 0 Å². The van der Waals surface area contributed by atoms with Gasteiger partial charge in [0, 0.05) is 24.9 Å². The highest BCUT2D eigenvalue weighted by atomic mass is 16.5. The van der Waals surface area contributed by atoms with Crippen LogP contribution in [0.4, 0.5) is 5.69 Å². The minimum Gasteiger partial charge on any atom is -0.497 e. The van der Waals surface area contributed by atoms with Crippen LogP contribution in [0.25, 0.3) is 0 Å². The lowest BCUT2D eigenvalue weighted by molar-refractivity contribution is 0.156. The number of hydrogen-bond donors (Lipinski definition) is 1. The number of anilines is 1. The summed E-state index contributed by atoms with van der Waals surface area (Å²) in [6.07, 6.45) is 1.10. The lowest BCUT2D eigenvalue weighted by atomic mass is 10.1. The number of rotatable bonds is 4. The Kier molecular flexibility index (Phi) is 3.86. The van der Waals surface area contributed by atoms with Crippen molar-refractivity contribution in [3.8, 4) is 5.75 Å². The molecule has 0 amide bonds. The number of nitrogen functional groups attached to an aromatic ring is 1. The first-order chi connectivity index (χ1) is 8.20. The van der Waals surface area contributed by atoms with E-state index >= 15 is 0 Å². The summed E-state index contributed by atoms with van der Waals surface area (Å²) in [5.74, 6) is 0.852. The molecule has 4 heteroatoms. The monoisotopic (exact) mass is 236 g/mol. The normalized spacial score (nSPS) is 19.8. The van der Waals surface area contributed by atoms with Crippen LogP contribution >= 0.6 is 0 Å². The summed E-state index contributed by atoms with van der Waals surface area (Å²) < 4.78 is 10.6. The molecule has 1 aliphatic rings. The Hall–Kier alpha value is -1.26. The predicted octanol–water partition coefficient (Wildman–Crippen LogP) is 1.50. The fourth-order valence-corrected chi connectivity index (χ4v) is 2.11. The van der Waals surface area contributed by atoms with Crippen molar-refractivity contribution < 1.29 is 9.47 Å². The van der Waals surface area contributed by atoms with Gasteiger partial charge in [-0.3, -0.25) is 4.90 Å². The van der Waals surface area contributed by atoms with Gasteiger partial charge in [0.05, 0.1) is 13.7 Å². The summed E-state index contributed by atoms with van der Waals surface area (Å²) >= 11 is 0. The van der Waals surface area contributed by atoms with E-state index in [2.05, 4.69) is 11.9 Å². The fourth-order valence-electron chi connectivity index (χ4n) is 2.11. The first kappa shape index (κ1) is 12.2. The van der Waals surface area contributed by atoms with Gasteiger partial charge in [-0.2, -0.15) is 0 Å². The minimum absolute atomic E-state index is 0.501. The molecular weight excluding hydrogens is 216 g/mol. The van der Waals surface area contributed by atoms with Gasteiger partial charge in [-0.05, 0) is 37.2 Å². The van der Waals surface area contributed by atoms with Crippen LogP contribution in [0.15, 0.2) is 18.2 Å². The van der Waals surface area contributed by atoms with E-state index in [4.69, 9.17) is 15.2 Å². The van der Waals surface area contributed by atoms with E-state index in [0.29, 0.717) is 6.04 Å². The topological polar surface area (TPSA) is 47.7 Å². The van der Waals surface area contributed by atoms with Gasteiger partial charge in [0.1, 0.15) is 5.75 Å². The number of nitrogens with two attached hydrogens (primary N) is 1. The average Bonchev–Trinajstić information content (AvgIpc) is 2.85. The van der Waals surface area contributed by atoms with E-state index in [-0.39, 0.29) is 0 Å². The highest BCUT2D eigenvalue weighted by molar-refractivity contribution is 5.50. The number of nitrogens with zero attached hydrogens (tertiary/aromatic N) is 1. The van der Waals surface area contributed by atoms with E-state index in [1.165, 1.54) is 0 Å². The van der Waals surface area contributed by atoms with Crippen molar-refractivity contribution in [1.82, 2.24) is 4.90 Å². The maximum Gasteiger partial charge on any atom is 0.119 e. The molecule has 1 aliphatic heterocycles. The zero-order valence-corrected chi connectivity index (χ0v) is 10.5. The van der Waals surface area contributed by atoms with Gasteiger partial charge in [-0.1, -0.05) is 0 Å². The zero-order chi connectivity index (χ0) is 12.3. The number of hydrogen-bond acceptors (Lipinski definition) is 4. The highest BCUT2D eigenvalue weighted by Gasteiger charge is 2.20. The maximum absolute atomic E-state index is 5.98. The second-order valence-corrected chi connectivity index (χ2v) is 4.50. The van der Waals surface area contributed by atoms with Gasteiger partial charge in [0.2, 0.25) is 0 Å². The van der Waals surface area contributed by atoms with Gasteiger partial charge < -0.3 is 15.2 Å². The van der Waals surface area contributed by atoms with Gasteiger partial charge in [0.15, 0.2) is 0 Å². The molecule has 2 N–H and O–H groups in total. The molecule has 94 valence electrons. The smallest absolute Gasteiger partial charge is 0.119 e. The predicted molar refractivity (Wildman–Crippen MR) is 68.1 cm³/mol. The minimum atomic E-state index is 0.501. The number of likely N-dealkylation sites (N-methyl/N-ethyl adjacent to an activating group) is 1. The zero-order valence-electron chi connectivity index (χ0n) is 10.5. The maximum atomic E-state index is 5.98. The third-order valence-corrected chi connectivity index (χ3v) is 3.30. The molecule has 0 bridgehead atoms. The summed E-state index contributed by atoms with van der Waals surface area (Å²) in [6, 6.07) is 6.28. The molecule has 1 unspecified atom stereocenters. The molecule has 1 aromatic carbocycles. The SMILES string of the molecule is COc1ccc(N)c(CN(C)C2CCOC2)c1. The van der Waals surface area contributed by atoms with Gasteiger partial charge in [0.25, 0.3) is 0 Å². The van der Waals surface area contributed by atoms with Crippen LogP contribution in [-0.4, -0.2) is 38.3 Å². The third kappa shape index (κ3) is 2.90. The molecule has 0 spiro atoms. The van der Waals surface area contributed by atoms with Crippen molar-refractivity contribution in [3.05, 3.63) is 23.8 Å². The molecule has 4 nitrogen and oxygen atoms in total. The van der Waals surface area contributed by atoms with Crippen molar-refractivity contribution in [2.45, 2.75) is 19.0 Å². The average molecular weight is 236 g/mol. The van der Waals surface area contributed by atoms with Crippen molar-refractivity contribution in [3.63, 3.8) is 0 Å². The number of ether oxygens (including phenoxy) is 2. The molecule has 1 fully saturated rings. The molecule has 17 heavy (non-hydrogen) atoms. The molecule has 1 aromatic rings. The fraction of sp³-hybridized carbons (Fsp3) is 0.538. The first-order valence-corrected chi connectivity index (χ1v) is 5.91. The molecule has 0 aromatic heterocycles. The first-order valence-electron chi connectivity index (χ1n) is 5.91. The largest absolute Gasteiger partial charge is 0.497 e. The summed E-state index contributed by atoms with van der Waals surface area (Å²) in [6.45, 7) is 2.51. The Bertz CT molecular complexity index is 376. The van der Waals surface area contributed by atoms with Crippen LogP contribution in [0.3, 0.4) is 0 Å². The highest BCUT2D eigenvalue weighted by Crippen LogP contribution is 2.22. The molecule has 0 aliphatic carbocycles. The summed E-state index contributed by atoms with van der Waals surface area (Å²) in [5.41, 5.74) is 7.90. The number of benzene rings is 1. The second-order valence-electron chi connectivity index (χ2n) is 4.50. The van der Waals surface area contributed by atoms with Gasteiger partial charge >= 0.3 is 0 Å². The van der Waals surface area contributed by atoms with Crippen LogP contribution in [0.2, 0.25) is 0 Å². The molecule has 2 rings (SSSR count). The Balaban J connectivity index is 2.06. The van der Waals surface area contributed by atoms with Crippen LogP contribution in [0.5, 0.6) is 5.75 Å². The van der Waals surface area contributed by atoms with Crippen molar-refractivity contribution >= 4 is 5.69 Å². The van der Waals surface area contributed by atoms with Gasteiger partial charge in [-0.15, -0.1) is 0 Å². The molecule has 1 atom stereocenters. The molecular formula is C13H20N2O2.